The van der Waals surface area contributed by atoms with Crippen LogP contribution in [0.1, 0.15) is 13.3 Å². The van der Waals surface area contributed by atoms with Crippen molar-refractivity contribution in [3.05, 3.63) is 30.3 Å². The zero-order valence-electron chi connectivity index (χ0n) is 9.14. The summed E-state index contributed by atoms with van der Waals surface area (Å²) < 4.78 is 5.24. The molecule has 0 heterocycles. The Morgan fingerprint density at radius 1 is 1.50 bits per heavy atom. The summed E-state index contributed by atoms with van der Waals surface area (Å²) in [6.45, 7) is 1.77. The second-order valence-electron chi connectivity index (χ2n) is 3.26. The van der Waals surface area contributed by atoms with Gasteiger partial charge in [-0.3, -0.25) is 4.79 Å². The Morgan fingerprint density at radius 3 is 2.75 bits per heavy atom. The molecule has 0 aliphatic rings. The molecule has 0 saturated heterocycles. The number of nitriles is 1. The summed E-state index contributed by atoms with van der Waals surface area (Å²) in [5.41, 5.74) is 0. The van der Waals surface area contributed by atoms with Crippen LogP contribution in [-0.2, 0) is 4.79 Å². The zero-order chi connectivity index (χ0) is 11.8. The van der Waals surface area contributed by atoms with Gasteiger partial charge < -0.3 is 10.1 Å². The lowest BCUT2D eigenvalue weighted by molar-refractivity contribution is -0.123. The van der Waals surface area contributed by atoms with E-state index in [1.807, 2.05) is 31.2 Å². The molecule has 1 aromatic carbocycles. The van der Waals surface area contributed by atoms with Crippen LogP contribution in [-0.4, -0.2) is 18.6 Å². The molecule has 0 aliphatic carbocycles. The van der Waals surface area contributed by atoms with Gasteiger partial charge in [0.25, 0.3) is 5.91 Å². The first kappa shape index (κ1) is 12.1. The van der Waals surface area contributed by atoms with E-state index in [2.05, 4.69) is 5.32 Å². The molecule has 0 spiro atoms. The minimum atomic E-state index is -0.438. The molecule has 84 valence electrons. The van der Waals surface area contributed by atoms with Crippen LogP contribution in [0.15, 0.2) is 30.3 Å². The number of rotatable bonds is 5. The normalized spacial score (nSPS) is 11.2. The highest BCUT2D eigenvalue weighted by Gasteiger charge is 2.09. The number of carbonyl (C=O) groups is 1. The van der Waals surface area contributed by atoms with Crippen LogP contribution in [0.4, 0.5) is 0 Å². The standard InChI is InChI=1S/C12H14N2O2/c1-2-10(8-13)14-12(15)9-16-11-6-4-3-5-7-11/h3-7,10H,2,9H2,1H3,(H,14,15). The largest absolute Gasteiger partial charge is 0.484 e. The summed E-state index contributed by atoms with van der Waals surface area (Å²) in [5.74, 6) is 0.361. The Kier molecular flexibility index (Phi) is 4.87. The van der Waals surface area contributed by atoms with E-state index in [1.165, 1.54) is 0 Å². The van der Waals surface area contributed by atoms with Crippen molar-refractivity contribution in [1.82, 2.24) is 5.32 Å². The first-order chi connectivity index (χ1) is 7.76. The molecule has 4 heteroatoms. The van der Waals surface area contributed by atoms with Gasteiger partial charge in [-0.2, -0.15) is 5.26 Å². The summed E-state index contributed by atoms with van der Waals surface area (Å²) in [4.78, 5) is 11.4. The van der Waals surface area contributed by atoms with Gasteiger partial charge >= 0.3 is 0 Å². The summed E-state index contributed by atoms with van der Waals surface area (Å²) >= 11 is 0. The number of ether oxygens (including phenoxy) is 1. The predicted molar refractivity (Wildman–Crippen MR) is 59.8 cm³/mol. The molecule has 0 aromatic heterocycles. The van der Waals surface area contributed by atoms with E-state index in [9.17, 15) is 4.79 Å². The first-order valence-corrected chi connectivity index (χ1v) is 5.13. The van der Waals surface area contributed by atoms with Gasteiger partial charge in [0.05, 0.1) is 6.07 Å². The van der Waals surface area contributed by atoms with E-state index in [4.69, 9.17) is 10.00 Å². The molecule has 1 unspecified atom stereocenters. The molecule has 4 nitrogen and oxygen atoms in total. The van der Waals surface area contributed by atoms with Crippen molar-refractivity contribution in [1.29, 1.82) is 5.26 Å². The molecule has 0 bridgehead atoms. The second kappa shape index (κ2) is 6.46. The van der Waals surface area contributed by atoms with Crippen molar-refractivity contribution in [3.63, 3.8) is 0 Å². The van der Waals surface area contributed by atoms with Crippen molar-refractivity contribution < 1.29 is 9.53 Å². The van der Waals surface area contributed by atoms with E-state index >= 15 is 0 Å². The maximum Gasteiger partial charge on any atom is 0.258 e. The summed E-state index contributed by atoms with van der Waals surface area (Å²) in [6, 6.07) is 10.6. The topological polar surface area (TPSA) is 62.1 Å². The lowest BCUT2D eigenvalue weighted by atomic mass is 10.2. The van der Waals surface area contributed by atoms with E-state index < -0.39 is 6.04 Å². The second-order valence-corrected chi connectivity index (χ2v) is 3.26. The van der Waals surface area contributed by atoms with Crippen molar-refractivity contribution >= 4 is 5.91 Å². The minimum absolute atomic E-state index is 0.0673. The van der Waals surface area contributed by atoms with Crippen molar-refractivity contribution in [2.24, 2.45) is 0 Å². The van der Waals surface area contributed by atoms with Crippen LogP contribution < -0.4 is 10.1 Å². The Bertz CT molecular complexity index is 370. The number of hydrogen-bond donors (Lipinski definition) is 1. The molecule has 1 atom stereocenters. The van der Waals surface area contributed by atoms with Crippen LogP contribution in [0, 0.1) is 11.3 Å². The minimum Gasteiger partial charge on any atom is -0.484 e. The smallest absolute Gasteiger partial charge is 0.258 e. The third-order valence-corrected chi connectivity index (χ3v) is 2.01. The highest BCUT2D eigenvalue weighted by atomic mass is 16.5. The SMILES string of the molecule is CCC(C#N)NC(=O)COc1ccccc1. The van der Waals surface area contributed by atoms with Crippen LogP contribution in [0.3, 0.4) is 0 Å². The number of nitrogens with one attached hydrogen (secondary N) is 1. The van der Waals surface area contributed by atoms with E-state index in [0.717, 1.165) is 0 Å². The molecule has 0 fully saturated rings. The maximum atomic E-state index is 11.4. The first-order valence-electron chi connectivity index (χ1n) is 5.13. The Balaban J connectivity index is 2.34. The van der Waals surface area contributed by atoms with Gasteiger partial charge in [-0.15, -0.1) is 0 Å². The van der Waals surface area contributed by atoms with Gasteiger partial charge in [-0.1, -0.05) is 25.1 Å². The number of hydrogen-bond acceptors (Lipinski definition) is 3. The number of nitrogens with zero attached hydrogens (tertiary/aromatic N) is 1. The average Bonchev–Trinajstić information content (AvgIpc) is 2.34. The number of carbonyl (C=O) groups excluding carboxylic acids is 1. The fourth-order valence-corrected chi connectivity index (χ4v) is 1.13. The quantitative estimate of drug-likeness (QED) is 0.814. The van der Waals surface area contributed by atoms with Gasteiger partial charge in [0.15, 0.2) is 6.61 Å². The zero-order valence-corrected chi connectivity index (χ0v) is 9.14. The summed E-state index contributed by atoms with van der Waals surface area (Å²) in [6.07, 6.45) is 0.591. The molecular formula is C12H14N2O2. The summed E-state index contributed by atoms with van der Waals surface area (Å²) in [5, 5.41) is 11.2. The van der Waals surface area contributed by atoms with Gasteiger partial charge in [-0.05, 0) is 18.6 Å². The van der Waals surface area contributed by atoms with Gasteiger partial charge in [0.1, 0.15) is 11.8 Å². The number of para-hydroxylation sites is 1. The molecule has 1 amide bonds. The Morgan fingerprint density at radius 2 is 2.19 bits per heavy atom. The molecular weight excluding hydrogens is 204 g/mol. The van der Waals surface area contributed by atoms with Crippen LogP contribution >= 0.6 is 0 Å². The van der Waals surface area contributed by atoms with Gasteiger partial charge in [0.2, 0.25) is 0 Å². The van der Waals surface area contributed by atoms with Crippen LogP contribution in [0.5, 0.6) is 5.75 Å². The van der Waals surface area contributed by atoms with E-state index in [0.29, 0.717) is 12.2 Å². The molecule has 1 N–H and O–H groups in total. The lowest BCUT2D eigenvalue weighted by Crippen LogP contribution is -2.36. The fourth-order valence-electron chi connectivity index (χ4n) is 1.13. The van der Waals surface area contributed by atoms with Crippen molar-refractivity contribution in [2.45, 2.75) is 19.4 Å². The maximum absolute atomic E-state index is 11.4. The molecule has 16 heavy (non-hydrogen) atoms. The molecule has 0 saturated carbocycles. The Hall–Kier alpha value is -2.02. The molecule has 0 radical (unpaired) electrons. The Labute approximate surface area is 94.8 Å². The predicted octanol–water partition coefficient (Wildman–Crippen LogP) is 1.48. The molecule has 0 aliphatic heterocycles. The van der Waals surface area contributed by atoms with Gasteiger partial charge in [-0.25, -0.2) is 0 Å². The van der Waals surface area contributed by atoms with Gasteiger partial charge in [0, 0.05) is 0 Å². The van der Waals surface area contributed by atoms with Crippen LogP contribution in [0.25, 0.3) is 0 Å². The monoisotopic (exact) mass is 218 g/mol. The lowest BCUT2D eigenvalue weighted by Gasteiger charge is -2.09. The average molecular weight is 218 g/mol. The molecule has 1 aromatic rings. The van der Waals surface area contributed by atoms with E-state index in [1.54, 1.807) is 12.1 Å². The number of benzene rings is 1. The van der Waals surface area contributed by atoms with Crippen molar-refractivity contribution in [2.75, 3.05) is 6.61 Å². The highest BCUT2D eigenvalue weighted by molar-refractivity contribution is 5.78. The third kappa shape index (κ3) is 4.01. The third-order valence-electron chi connectivity index (χ3n) is 2.01. The number of amides is 1. The summed E-state index contributed by atoms with van der Waals surface area (Å²) in [7, 11) is 0. The molecule has 1 rings (SSSR count). The van der Waals surface area contributed by atoms with Crippen LogP contribution in [0.2, 0.25) is 0 Å². The fraction of sp³-hybridized carbons (Fsp3) is 0.333. The van der Waals surface area contributed by atoms with Crippen molar-refractivity contribution in [3.8, 4) is 11.8 Å². The van der Waals surface area contributed by atoms with E-state index in [-0.39, 0.29) is 12.5 Å². The highest BCUT2D eigenvalue weighted by Crippen LogP contribution is 2.07.